The summed E-state index contributed by atoms with van der Waals surface area (Å²) in [4.78, 5) is 2.25. The normalized spacial score (nSPS) is 21.1. The molecule has 5 atom stereocenters. The quantitative estimate of drug-likeness (QED) is 0.0615. The van der Waals surface area contributed by atoms with E-state index in [1.54, 1.807) is 0 Å². The van der Waals surface area contributed by atoms with Crippen LogP contribution in [-0.2, 0) is 9.47 Å². The summed E-state index contributed by atoms with van der Waals surface area (Å²) in [5.74, 6) is 4.26. The lowest BCUT2D eigenvalue weighted by Gasteiger charge is -2.21. The Hall–Kier alpha value is -0.120. The predicted molar refractivity (Wildman–Crippen MR) is 208 cm³/mol. The lowest BCUT2D eigenvalue weighted by Crippen LogP contribution is -2.32. The SMILES string of the molecule is CCCCCCCCCCCCC1CC1CCCCCOC(COCCCCCC1CC1CCCCCCCCCCC)CN(C)C. The van der Waals surface area contributed by atoms with E-state index in [9.17, 15) is 0 Å². The molecule has 3 heteroatoms. The summed E-state index contributed by atoms with van der Waals surface area (Å²) in [7, 11) is 4.30. The van der Waals surface area contributed by atoms with Crippen molar-refractivity contribution in [2.45, 2.75) is 219 Å². The van der Waals surface area contributed by atoms with Crippen molar-refractivity contribution in [1.82, 2.24) is 4.90 Å². The monoisotopic (exact) mass is 662 g/mol. The third-order valence-corrected chi connectivity index (χ3v) is 11.6. The van der Waals surface area contributed by atoms with Crippen LogP contribution in [0.15, 0.2) is 0 Å². The van der Waals surface area contributed by atoms with Crippen molar-refractivity contribution in [3.05, 3.63) is 0 Å². The summed E-state index contributed by atoms with van der Waals surface area (Å²) in [6.45, 7) is 8.14. The van der Waals surface area contributed by atoms with E-state index in [0.29, 0.717) is 0 Å². The molecule has 2 aliphatic carbocycles. The van der Waals surface area contributed by atoms with E-state index >= 15 is 0 Å². The van der Waals surface area contributed by atoms with Crippen LogP contribution in [0.4, 0.5) is 0 Å². The summed E-state index contributed by atoms with van der Waals surface area (Å²) < 4.78 is 12.4. The maximum absolute atomic E-state index is 6.30. The number of ether oxygens (including phenoxy) is 2. The van der Waals surface area contributed by atoms with Gasteiger partial charge >= 0.3 is 0 Å². The van der Waals surface area contributed by atoms with E-state index in [-0.39, 0.29) is 6.10 Å². The molecule has 0 heterocycles. The smallest absolute Gasteiger partial charge is 0.0934 e. The molecule has 2 rings (SSSR count). The van der Waals surface area contributed by atoms with Gasteiger partial charge in [0, 0.05) is 19.8 Å². The zero-order valence-electron chi connectivity index (χ0n) is 32.9. The minimum Gasteiger partial charge on any atom is -0.379 e. The zero-order valence-corrected chi connectivity index (χ0v) is 32.9. The third kappa shape index (κ3) is 26.4. The number of unbranched alkanes of at least 4 members (excludes halogenated alkanes) is 21. The third-order valence-electron chi connectivity index (χ3n) is 11.6. The van der Waals surface area contributed by atoms with E-state index in [1.807, 2.05) is 0 Å². The van der Waals surface area contributed by atoms with Crippen LogP contribution >= 0.6 is 0 Å². The van der Waals surface area contributed by atoms with Crippen molar-refractivity contribution >= 4 is 0 Å². The molecule has 280 valence electrons. The molecule has 0 aliphatic heterocycles. The summed E-state index contributed by atoms with van der Waals surface area (Å²) >= 11 is 0. The number of rotatable bonds is 38. The summed E-state index contributed by atoms with van der Waals surface area (Å²) in [5, 5.41) is 0. The van der Waals surface area contributed by atoms with Gasteiger partial charge in [-0.2, -0.15) is 0 Å². The zero-order chi connectivity index (χ0) is 33.6. The van der Waals surface area contributed by atoms with Gasteiger partial charge in [-0.25, -0.2) is 0 Å². The van der Waals surface area contributed by atoms with Crippen LogP contribution in [0.5, 0.6) is 0 Å². The number of hydrogen-bond donors (Lipinski definition) is 0. The molecule has 0 aromatic carbocycles. The summed E-state index contributed by atoms with van der Waals surface area (Å²) in [5.41, 5.74) is 0. The first-order valence-corrected chi connectivity index (χ1v) is 22.0. The summed E-state index contributed by atoms with van der Waals surface area (Å²) in [6.07, 6.45) is 44.8. The fraction of sp³-hybridized carbons (Fsp3) is 1.00. The van der Waals surface area contributed by atoms with Gasteiger partial charge in [0.1, 0.15) is 0 Å². The van der Waals surface area contributed by atoms with Crippen LogP contribution in [0.1, 0.15) is 213 Å². The van der Waals surface area contributed by atoms with Crippen LogP contribution in [0.3, 0.4) is 0 Å². The second-order valence-electron chi connectivity index (χ2n) is 16.6. The first-order valence-electron chi connectivity index (χ1n) is 22.0. The predicted octanol–water partition coefficient (Wildman–Crippen LogP) is 13.6. The van der Waals surface area contributed by atoms with Gasteiger partial charge in [-0.1, -0.05) is 187 Å². The average Bonchev–Trinajstić information content (AvgIpc) is 3.99. The van der Waals surface area contributed by atoms with Crippen LogP contribution in [0.25, 0.3) is 0 Å². The van der Waals surface area contributed by atoms with Crippen LogP contribution in [0, 0.1) is 23.7 Å². The van der Waals surface area contributed by atoms with E-state index in [0.717, 1.165) is 50.0 Å². The Kier molecular flexibility index (Phi) is 28.1. The Morgan fingerprint density at radius 1 is 0.447 bits per heavy atom. The molecule has 2 fully saturated rings. The molecule has 0 radical (unpaired) electrons. The van der Waals surface area contributed by atoms with Crippen molar-refractivity contribution < 1.29 is 9.47 Å². The molecule has 0 aromatic rings. The standard InChI is InChI=1S/C44H87NO2/c1-5-7-9-11-13-15-17-19-21-25-31-41-37-43(41)33-27-23-29-35-47-44(38-45(3)4)39-46-34-28-22-26-32-42-36-40(42)30-24-20-18-16-14-12-10-8-6-2/h40-44H,5-39H2,1-4H3. The molecular formula is C44H87NO2. The Bertz CT molecular complexity index is 653. The number of nitrogens with zero attached hydrogens (tertiary/aromatic N) is 1. The molecule has 5 unspecified atom stereocenters. The van der Waals surface area contributed by atoms with Gasteiger partial charge in [0.2, 0.25) is 0 Å². The van der Waals surface area contributed by atoms with Gasteiger partial charge in [-0.3, -0.25) is 0 Å². The van der Waals surface area contributed by atoms with Crippen molar-refractivity contribution in [2.24, 2.45) is 23.7 Å². The molecule has 47 heavy (non-hydrogen) atoms. The second-order valence-corrected chi connectivity index (χ2v) is 16.6. The molecule has 0 aromatic heterocycles. The maximum atomic E-state index is 6.30. The molecular weight excluding hydrogens is 574 g/mol. The van der Waals surface area contributed by atoms with Gasteiger partial charge in [0.15, 0.2) is 0 Å². The highest BCUT2D eigenvalue weighted by atomic mass is 16.5. The van der Waals surface area contributed by atoms with Crippen LogP contribution in [0.2, 0.25) is 0 Å². The second kappa shape index (κ2) is 30.7. The maximum Gasteiger partial charge on any atom is 0.0934 e. The Morgan fingerprint density at radius 3 is 1.17 bits per heavy atom. The van der Waals surface area contributed by atoms with E-state index in [4.69, 9.17) is 9.47 Å². The molecule has 0 amide bonds. The fourth-order valence-corrected chi connectivity index (χ4v) is 8.14. The average molecular weight is 662 g/mol. The molecule has 2 aliphatic rings. The number of likely N-dealkylation sites (N-methyl/N-ethyl adjacent to an activating group) is 1. The summed E-state index contributed by atoms with van der Waals surface area (Å²) in [6, 6.07) is 0. The van der Waals surface area contributed by atoms with Gasteiger partial charge in [-0.05, 0) is 63.5 Å². The largest absolute Gasteiger partial charge is 0.379 e. The minimum absolute atomic E-state index is 0.215. The van der Waals surface area contributed by atoms with E-state index < -0.39 is 0 Å². The van der Waals surface area contributed by atoms with Crippen molar-refractivity contribution in [2.75, 3.05) is 40.5 Å². The fourth-order valence-electron chi connectivity index (χ4n) is 8.14. The lowest BCUT2D eigenvalue weighted by atomic mass is 10.0. The van der Waals surface area contributed by atoms with Crippen molar-refractivity contribution in [1.29, 1.82) is 0 Å². The van der Waals surface area contributed by atoms with Gasteiger partial charge < -0.3 is 14.4 Å². The first-order chi connectivity index (χ1) is 23.1. The van der Waals surface area contributed by atoms with E-state index in [2.05, 4.69) is 32.8 Å². The number of hydrogen-bond acceptors (Lipinski definition) is 3. The van der Waals surface area contributed by atoms with Crippen LogP contribution in [-0.4, -0.2) is 51.5 Å². The van der Waals surface area contributed by atoms with Gasteiger partial charge in [0.25, 0.3) is 0 Å². The van der Waals surface area contributed by atoms with Crippen molar-refractivity contribution in [3.63, 3.8) is 0 Å². The molecule has 3 nitrogen and oxygen atoms in total. The van der Waals surface area contributed by atoms with Gasteiger partial charge in [-0.15, -0.1) is 0 Å². The van der Waals surface area contributed by atoms with Crippen molar-refractivity contribution in [3.8, 4) is 0 Å². The molecule has 0 saturated heterocycles. The highest BCUT2D eigenvalue weighted by Crippen LogP contribution is 2.46. The molecule has 0 spiro atoms. The minimum atomic E-state index is 0.215. The van der Waals surface area contributed by atoms with Crippen LogP contribution < -0.4 is 0 Å². The topological polar surface area (TPSA) is 21.7 Å². The highest BCUT2D eigenvalue weighted by molar-refractivity contribution is 4.86. The lowest BCUT2D eigenvalue weighted by molar-refractivity contribution is -0.0287. The first kappa shape index (κ1) is 43.0. The highest BCUT2D eigenvalue weighted by Gasteiger charge is 2.35. The molecule has 0 N–H and O–H groups in total. The Morgan fingerprint density at radius 2 is 0.787 bits per heavy atom. The molecule has 0 bridgehead atoms. The molecule has 2 saturated carbocycles. The Balaban J connectivity index is 1.32. The Labute approximate surface area is 296 Å². The van der Waals surface area contributed by atoms with Gasteiger partial charge in [0.05, 0.1) is 12.7 Å². The van der Waals surface area contributed by atoms with E-state index in [1.165, 1.54) is 199 Å².